The third-order valence-electron chi connectivity index (χ3n) is 5.35. The molecular formula is C23H37N3O4. The Morgan fingerprint density at radius 2 is 1.83 bits per heavy atom. The van der Waals surface area contributed by atoms with E-state index in [1.165, 1.54) is 25.8 Å². The molecule has 0 spiro atoms. The van der Waals surface area contributed by atoms with Gasteiger partial charge in [-0.3, -0.25) is 9.59 Å². The smallest absolute Gasteiger partial charge is 0.251 e. The Labute approximate surface area is 180 Å². The zero-order chi connectivity index (χ0) is 21.8. The van der Waals surface area contributed by atoms with Gasteiger partial charge in [0.15, 0.2) is 11.5 Å². The Morgan fingerprint density at radius 3 is 2.57 bits per heavy atom. The van der Waals surface area contributed by atoms with Gasteiger partial charge in [-0.2, -0.15) is 0 Å². The number of ether oxygens (including phenoxy) is 2. The van der Waals surface area contributed by atoms with E-state index in [0.29, 0.717) is 42.9 Å². The van der Waals surface area contributed by atoms with Gasteiger partial charge >= 0.3 is 0 Å². The van der Waals surface area contributed by atoms with Crippen LogP contribution in [0.4, 0.5) is 0 Å². The van der Waals surface area contributed by atoms with Gasteiger partial charge in [-0.25, -0.2) is 0 Å². The van der Waals surface area contributed by atoms with E-state index in [2.05, 4.69) is 22.5 Å². The summed E-state index contributed by atoms with van der Waals surface area (Å²) in [5.41, 5.74) is 0.436. The van der Waals surface area contributed by atoms with Crippen LogP contribution in [0.2, 0.25) is 0 Å². The summed E-state index contributed by atoms with van der Waals surface area (Å²) >= 11 is 0. The Balaban J connectivity index is 1.67. The number of amides is 2. The number of benzene rings is 1. The minimum Gasteiger partial charge on any atom is -0.490 e. The first-order chi connectivity index (χ1) is 14.5. The number of hydrogen-bond acceptors (Lipinski definition) is 5. The number of carbonyl (C=O) groups excluding carboxylic acids is 2. The average Bonchev–Trinajstić information content (AvgIpc) is 2.74. The molecule has 2 amide bonds. The molecule has 7 heteroatoms. The summed E-state index contributed by atoms with van der Waals surface area (Å²) in [6.07, 6.45) is 5.93. The maximum atomic E-state index is 12.4. The third-order valence-corrected chi connectivity index (χ3v) is 5.35. The molecule has 1 aromatic rings. The molecule has 2 N–H and O–H groups in total. The van der Waals surface area contributed by atoms with Crippen molar-refractivity contribution in [2.45, 2.75) is 58.9 Å². The number of rotatable bonds is 12. The Hall–Kier alpha value is -2.28. The van der Waals surface area contributed by atoms with Crippen LogP contribution in [0.1, 0.15) is 63.2 Å². The second-order valence-electron chi connectivity index (χ2n) is 7.65. The highest BCUT2D eigenvalue weighted by atomic mass is 16.5. The van der Waals surface area contributed by atoms with Crippen LogP contribution >= 0.6 is 0 Å². The maximum Gasteiger partial charge on any atom is 0.251 e. The molecule has 1 aromatic carbocycles. The number of nitrogens with one attached hydrogen (secondary N) is 2. The normalized spacial score (nSPS) is 16.7. The minimum absolute atomic E-state index is 0.0425. The van der Waals surface area contributed by atoms with Gasteiger partial charge in [0.2, 0.25) is 5.91 Å². The topological polar surface area (TPSA) is 79.9 Å². The van der Waals surface area contributed by atoms with Crippen LogP contribution in [0.5, 0.6) is 11.5 Å². The largest absolute Gasteiger partial charge is 0.490 e. The molecule has 1 aliphatic heterocycles. The van der Waals surface area contributed by atoms with Crippen LogP contribution in [0, 0.1) is 0 Å². The van der Waals surface area contributed by atoms with Crippen LogP contribution in [-0.2, 0) is 4.79 Å². The predicted molar refractivity (Wildman–Crippen MR) is 118 cm³/mol. The third kappa shape index (κ3) is 7.86. The summed E-state index contributed by atoms with van der Waals surface area (Å²) in [7, 11) is 0. The highest BCUT2D eigenvalue weighted by molar-refractivity contribution is 5.97. The van der Waals surface area contributed by atoms with Crippen LogP contribution in [0.25, 0.3) is 0 Å². The van der Waals surface area contributed by atoms with Crippen molar-refractivity contribution in [1.82, 2.24) is 15.5 Å². The number of hydrogen-bond donors (Lipinski definition) is 2. The Kier molecular flexibility index (Phi) is 10.5. The molecule has 1 heterocycles. The van der Waals surface area contributed by atoms with E-state index >= 15 is 0 Å². The maximum absolute atomic E-state index is 12.4. The van der Waals surface area contributed by atoms with Crippen LogP contribution in [0.15, 0.2) is 18.2 Å². The lowest BCUT2D eigenvalue weighted by atomic mass is 10.0. The first-order valence-electron chi connectivity index (χ1n) is 11.2. The summed E-state index contributed by atoms with van der Waals surface area (Å²) < 4.78 is 11.1. The van der Waals surface area contributed by atoms with Gasteiger partial charge in [-0.05, 0) is 77.7 Å². The molecule has 0 saturated carbocycles. The molecule has 168 valence electrons. The monoisotopic (exact) mass is 419 g/mol. The zero-order valence-corrected chi connectivity index (χ0v) is 18.7. The Morgan fingerprint density at radius 1 is 1.07 bits per heavy atom. The fourth-order valence-electron chi connectivity index (χ4n) is 3.67. The first-order valence-corrected chi connectivity index (χ1v) is 11.2. The van der Waals surface area contributed by atoms with Gasteiger partial charge in [0.05, 0.1) is 19.8 Å². The van der Waals surface area contributed by atoms with Crippen molar-refractivity contribution in [2.75, 3.05) is 39.4 Å². The molecule has 7 nitrogen and oxygen atoms in total. The second-order valence-corrected chi connectivity index (χ2v) is 7.65. The average molecular weight is 420 g/mol. The van der Waals surface area contributed by atoms with Crippen molar-refractivity contribution in [1.29, 1.82) is 0 Å². The zero-order valence-electron chi connectivity index (χ0n) is 18.7. The quantitative estimate of drug-likeness (QED) is 0.509. The molecule has 1 fully saturated rings. The van der Waals surface area contributed by atoms with E-state index in [1.807, 2.05) is 13.8 Å². The van der Waals surface area contributed by atoms with Crippen molar-refractivity contribution >= 4 is 11.8 Å². The number of likely N-dealkylation sites (tertiary alicyclic amines) is 1. The van der Waals surface area contributed by atoms with E-state index in [0.717, 1.165) is 19.4 Å². The molecule has 1 aliphatic rings. The van der Waals surface area contributed by atoms with E-state index < -0.39 is 0 Å². The fraction of sp³-hybridized carbons (Fsp3) is 0.652. The van der Waals surface area contributed by atoms with Crippen molar-refractivity contribution in [2.24, 2.45) is 0 Å². The molecule has 0 radical (unpaired) electrons. The number of carbonyl (C=O) groups is 2. The summed E-state index contributed by atoms with van der Waals surface area (Å²) in [6, 6.07) is 5.70. The molecule has 30 heavy (non-hydrogen) atoms. The lowest BCUT2D eigenvalue weighted by Gasteiger charge is -2.33. The Bertz CT molecular complexity index is 680. The summed E-state index contributed by atoms with van der Waals surface area (Å²) in [5, 5.41) is 5.54. The minimum atomic E-state index is -0.312. The van der Waals surface area contributed by atoms with Gasteiger partial charge in [0.25, 0.3) is 5.91 Å². The molecular weight excluding hydrogens is 382 g/mol. The van der Waals surface area contributed by atoms with Crippen LogP contribution < -0.4 is 20.1 Å². The summed E-state index contributed by atoms with van der Waals surface area (Å²) in [4.78, 5) is 26.9. The molecule has 1 unspecified atom stereocenters. The van der Waals surface area contributed by atoms with E-state index in [4.69, 9.17) is 9.47 Å². The summed E-state index contributed by atoms with van der Waals surface area (Å²) in [6.45, 7) is 9.93. The highest BCUT2D eigenvalue weighted by Gasteiger charge is 2.17. The highest BCUT2D eigenvalue weighted by Crippen LogP contribution is 2.28. The SMILES string of the molecule is CCOc1ccc(C(=O)NCC(=O)NCCCCN2CCCCC2C)cc1OCC. The second kappa shape index (κ2) is 13.1. The van der Waals surface area contributed by atoms with Gasteiger partial charge < -0.3 is 25.0 Å². The van der Waals surface area contributed by atoms with Crippen LogP contribution in [-0.4, -0.2) is 62.1 Å². The number of nitrogens with zero attached hydrogens (tertiary/aromatic N) is 1. The first kappa shape index (κ1) is 24.0. The lowest BCUT2D eigenvalue weighted by molar-refractivity contribution is -0.120. The molecule has 2 rings (SSSR count). The van der Waals surface area contributed by atoms with Crippen molar-refractivity contribution < 1.29 is 19.1 Å². The van der Waals surface area contributed by atoms with Crippen molar-refractivity contribution in [3.05, 3.63) is 23.8 Å². The predicted octanol–water partition coefficient (Wildman–Crippen LogP) is 2.98. The molecule has 0 aromatic heterocycles. The van der Waals surface area contributed by atoms with Crippen molar-refractivity contribution in [3.8, 4) is 11.5 Å². The summed E-state index contributed by atoms with van der Waals surface area (Å²) in [5.74, 6) is 0.644. The van der Waals surface area contributed by atoms with Gasteiger partial charge in [-0.15, -0.1) is 0 Å². The standard InChI is InChI=1S/C23H37N3O4/c1-4-29-20-12-11-19(16-21(20)30-5-2)23(28)25-17-22(27)24-13-7-9-15-26-14-8-6-10-18(26)3/h11-12,16,18H,4-10,13-15,17H2,1-3H3,(H,24,27)(H,25,28). The van der Waals surface area contributed by atoms with E-state index in [-0.39, 0.29) is 18.4 Å². The lowest BCUT2D eigenvalue weighted by Crippen LogP contribution is -2.39. The van der Waals surface area contributed by atoms with Crippen molar-refractivity contribution in [3.63, 3.8) is 0 Å². The fourth-order valence-corrected chi connectivity index (χ4v) is 3.67. The van der Waals surface area contributed by atoms with Gasteiger partial charge in [-0.1, -0.05) is 6.42 Å². The molecule has 0 bridgehead atoms. The molecule has 1 saturated heterocycles. The molecule has 0 aliphatic carbocycles. The number of piperidine rings is 1. The van der Waals surface area contributed by atoms with Gasteiger partial charge in [0.1, 0.15) is 0 Å². The number of unbranched alkanes of at least 4 members (excludes halogenated alkanes) is 1. The van der Waals surface area contributed by atoms with E-state index in [9.17, 15) is 9.59 Å². The van der Waals surface area contributed by atoms with Gasteiger partial charge in [0, 0.05) is 18.2 Å². The molecule has 1 atom stereocenters. The van der Waals surface area contributed by atoms with E-state index in [1.54, 1.807) is 18.2 Å². The van der Waals surface area contributed by atoms with Crippen LogP contribution in [0.3, 0.4) is 0 Å².